The highest BCUT2D eigenvalue weighted by Crippen LogP contribution is 2.61. The van der Waals surface area contributed by atoms with Gasteiger partial charge < -0.3 is 5.32 Å². The maximum absolute atomic E-state index is 13.9. The molecule has 0 aliphatic carbocycles. The molecule has 35 heavy (non-hydrogen) atoms. The minimum Gasteiger partial charge on any atom is -0.324 e. The number of halogens is 5. The Bertz CT molecular complexity index is 1350. The van der Waals surface area contributed by atoms with Gasteiger partial charge in [0.15, 0.2) is 0 Å². The summed E-state index contributed by atoms with van der Waals surface area (Å²) in [6.45, 7) is 2.28. The third-order valence-corrected chi connectivity index (χ3v) is 8.61. The Kier molecular flexibility index (Phi) is 4.70. The van der Waals surface area contributed by atoms with Gasteiger partial charge in [-0.2, -0.15) is 13.2 Å². The molecule has 0 radical (unpaired) electrons. The van der Waals surface area contributed by atoms with E-state index in [4.69, 9.17) is 23.2 Å². The molecule has 4 heterocycles. The fourth-order valence-corrected chi connectivity index (χ4v) is 6.90. The van der Waals surface area contributed by atoms with Crippen LogP contribution in [0.1, 0.15) is 29.5 Å². The van der Waals surface area contributed by atoms with E-state index in [0.717, 1.165) is 17.4 Å². The molecule has 3 saturated heterocycles. The lowest BCUT2D eigenvalue weighted by molar-refractivity contribution is -0.137. The number of anilines is 2. The minimum absolute atomic E-state index is 0.211. The number of hydrogen-bond donors (Lipinski definition) is 1. The summed E-state index contributed by atoms with van der Waals surface area (Å²) >= 11 is 12.0. The molecule has 4 aliphatic rings. The molecule has 1 N–H and O–H groups in total. The number of nitrogens with one attached hydrogen (secondary N) is 1. The summed E-state index contributed by atoms with van der Waals surface area (Å²) in [4.78, 5) is 44.0. The molecule has 11 heteroatoms. The number of imide groups is 1. The number of carbonyl (C=O) groups excluding carboxylic acids is 3. The fraction of sp³-hybridized carbons (Fsp3) is 0.375. The van der Waals surface area contributed by atoms with Crippen molar-refractivity contribution in [2.75, 3.05) is 16.8 Å². The molecule has 2 aromatic rings. The van der Waals surface area contributed by atoms with E-state index in [0.29, 0.717) is 40.9 Å². The molecule has 1 spiro atoms. The average molecular weight is 524 g/mol. The van der Waals surface area contributed by atoms with Crippen LogP contribution in [0.4, 0.5) is 24.5 Å². The highest BCUT2D eigenvalue weighted by Gasteiger charge is 2.74. The van der Waals surface area contributed by atoms with Crippen LogP contribution >= 0.6 is 23.2 Å². The van der Waals surface area contributed by atoms with Gasteiger partial charge in [-0.1, -0.05) is 29.3 Å². The van der Waals surface area contributed by atoms with Crippen LogP contribution in [0.3, 0.4) is 0 Å². The van der Waals surface area contributed by atoms with E-state index < -0.39 is 51.9 Å². The molecule has 182 valence electrons. The van der Waals surface area contributed by atoms with E-state index in [-0.39, 0.29) is 11.7 Å². The number of benzene rings is 2. The summed E-state index contributed by atoms with van der Waals surface area (Å²) in [5.74, 6) is -3.65. The van der Waals surface area contributed by atoms with Gasteiger partial charge >= 0.3 is 6.18 Å². The van der Waals surface area contributed by atoms with Crippen molar-refractivity contribution in [1.82, 2.24) is 4.90 Å². The maximum Gasteiger partial charge on any atom is 0.417 e. The normalized spacial score (nSPS) is 29.7. The Morgan fingerprint density at radius 3 is 2.49 bits per heavy atom. The molecular formula is C24H18Cl2F3N3O3. The molecule has 2 aromatic carbocycles. The third-order valence-electron chi connectivity index (χ3n) is 7.88. The van der Waals surface area contributed by atoms with Gasteiger partial charge in [-0.15, -0.1) is 0 Å². The van der Waals surface area contributed by atoms with E-state index in [9.17, 15) is 27.6 Å². The SMILES string of the molecule is Cc1c(Cl)ccc2c1NC(=O)[C@@]21[C@@H]2C(=O)N(c3ccc(Cl)c(C(F)(F)F)c3)C(=O)[C@H]2[C@H]2CCCN21. The second kappa shape index (κ2) is 7.21. The number of amides is 3. The Morgan fingerprint density at radius 2 is 1.77 bits per heavy atom. The van der Waals surface area contributed by atoms with Gasteiger partial charge in [0.25, 0.3) is 0 Å². The Morgan fingerprint density at radius 1 is 1.06 bits per heavy atom. The number of hydrogen-bond acceptors (Lipinski definition) is 4. The second-order valence-electron chi connectivity index (χ2n) is 9.40. The zero-order valence-electron chi connectivity index (χ0n) is 18.2. The first-order valence-electron chi connectivity index (χ1n) is 11.1. The number of carbonyl (C=O) groups is 3. The molecule has 3 fully saturated rings. The van der Waals surface area contributed by atoms with Crippen molar-refractivity contribution in [2.24, 2.45) is 11.8 Å². The summed E-state index contributed by atoms with van der Waals surface area (Å²) in [7, 11) is 0. The Balaban J connectivity index is 1.53. The van der Waals surface area contributed by atoms with Crippen molar-refractivity contribution < 1.29 is 27.6 Å². The van der Waals surface area contributed by atoms with Gasteiger partial charge in [0.2, 0.25) is 17.7 Å². The van der Waals surface area contributed by atoms with Crippen molar-refractivity contribution in [2.45, 2.75) is 37.5 Å². The average Bonchev–Trinajstić information content (AvgIpc) is 3.49. The van der Waals surface area contributed by atoms with Gasteiger partial charge in [-0.25, -0.2) is 4.90 Å². The number of alkyl halides is 3. The number of rotatable bonds is 1. The van der Waals surface area contributed by atoms with E-state index in [2.05, 4.69) is 5.32 Å². The first-order chi connectivity index (χ1) is 16.5. The Hall–Kier alpha value is -2.62. The molecule has 0 unspecified atom stereocenters. The fourth-order valence-electron chi connectivity index (χ4n) is 6.51. The molecule has 0 saturated carbocycles. The van der Waals surface area contributed by atoms with Crippen molar-refractivity contribution in [3.05, 3.63) is 57.1 Å². The molecule has 0 aromatic heterocycles. The molecular weight excluding hydrogens is 506 g/mol. The molecule has 4 atom stereocenters. The van der Waals surface area contributed by atoms with E-state index in [1.807, 2.05) is 4.90 Å². The van der Waals surface area contributed by atoms with E-state index in [1.165, 1.54) is 6.07 Å². The maximum atomic E-state index is 13.9. The lowest BCUT2D eigenvalue weighted by Gasteiger charge is -2.36. The number of nitrogens with zero attached hydrogens (tertiary/aromatic N) is 2. The summed E-state index contributed by atoms with van der Waals surface area (Å²) < 4.78 is 40.5. The smallest absolute Gasteiger partial charge is 0.324 e. The van der Waals surface area contributed by atoms with Gasteiger partial charge in [-0.05, 0) is 56.1 Å². The van der Waals surface area contributed by atoms with Crippen LogP contribution in [0, 0.1) is 18.8 Å². The molecule has 6 nitrogen and oxygen atoms in total. The summed E-state index contributed by atoms with van der Waals surface area (Å²) in [5, 5.41) is 2.79. The monoisotopic (exact) mass is 523 g/mol. The molecule has 6 rings (SSSR count). The quantitative estimate of drug-likeness (QED) is 0.547. The molecule has 0 bridgehead atoms. The predicted molar refractivity (Wildman–Crippen MR) is 122 cm³/mol. The van der Waals surface area contributed by atoms with Crippen LogP contribution in [0.25, 0.3) is 0 Å². The van der Waals surface area contributed by atoms with Crippen molar-refractivity contribution in [1.29, 1.82) is 0 Å². The van der Waals surface area contributed by atoms with Gasteiger partial charge in [0.1, 0.15) is 5.54 Å². The number of fused-ring (bicyclic) bond motifs is 7. The van der Waals surface area contributed by atoms with Gasteiger partial charge in [0, 0.05) is 16.6 Å². The van der Waals surface area contributed by atoms with Crippen LogP contribution in [-0.4, -0.2) is 35.2 Å². The van der Waals surface area contributed by atoms with Crippen LogP contribution < -0.4 is 10.2 Å². The largest absolute Gasteiger partial charge is 0.417 e. The molecule has 3 amide bonds. The zero-order valence-corrected chi connectivity index (χ0v) is 19.8. The lowest BCUT2D eigenvalue weighted by atomic mass is 9.75. The van der Waals surface area contributed by atoms with Crippen LogP contribution in [0.5, 0.6) is 0 Å². The Labute approximate surface area is 208 Å². The van der Waals surface area contributed by atoms with E-state index in [1.54, 1.807) is 19.1 Å². The standard InChI is InChI=1S/C24H18Cl2F3N3O3/c1-10-14(25)7-5-12-19(10)30-22(35)23(12)18-17(16-3-2-8-31(16)23)20(33)32(21(18)34)11-4-6-15(26)13(9-11)24(27,28)29/h4-7,9,16-18H,2-3,8H2,1H3,(H,30,35)/t16-,17+,18+,23+/m1/s1. The summed E-state index contributed by atoms with van der Waals surface area (Å²) in [5.41, 5.74) is -1.05. The van der Waals surface area contributed by atoms with Crippen molar-refractivity contribution in [3.63, 3.8) is 0 Å². The summed E-state index contributed by atoms with van der Waals surface area (Å²) in [6.07, 6.45) is -3.44. The second-order valence-corrected chi connectivity index (χ2v) is 10.2. The first-order valence-corrected chi connectivity index (χ1v) is 11.9. The predicted octanol–water partition coefficient (Wildman–Crippen LogP) is 4.75. The highest BCUT2D eigenvalue weighted by atomic mass is 35.5. The zero-order chi connectivity index (χ0) is 25.0. The highest BCUT2D eigenvalue weighted by molar-refractivity contribution is 6.33. The van der Waals surface area contributed by atoms with Gasteiger partial charge in [-0.3, -0.25) is 19.3 Å². The lowest BCUT2D eigenvalue weighted by Crippen LogP contribution is -2.54. The van der Waals surface area contributed by atoms with Crippen molar-refractivity contribution >= 4 is 52.3 Å². The third kappa shape index (κ3) is 2.74. The first kappa shape index (κ1) is 22.8. The van der Waals surface area contributed by atoms with Crippen LogP contribution in [0.2, 0.25) is 10.0 Å². The van der Waals surface area contributed by atoms with Crippen LogP contribution in [0.15, 0.2) is 30.3 Å². The van der Waals surface area contributed by atoms with Crippen LogP contribution in [-0.2, 0) is 26.1 Å². The van der Waals surface area contributed by atoms with E-state index >= 15 is 0 Å². The topological polar surface area (TPSA) is 69.7 Å². The molecule has 4 aliphatic heterocycles. The van der Waals surface area contributed by atoms with Gasteiger partial charge in [0.05, 0.1) is 33.8 Å². The van der Waals surface area contributed by atoms with Crippen molar-refractivity contribution in [3.8, 4) is 0 Å². The minimum atomic E-state index is -4.76. The summed E-state index contributed by atoms with van der Waals surface area (Å²) in [6, 6.07) is 5.93.